The van der Waals surface area contributed by atoms with E-state index >= 15 is 0 Å². The van der Waals surface area contributed by atoms with E-state index in [9.17, 15) is 4.79 Å². The van der Waals surface area contributed by atoms with E-state index in [4.69, 9.17) is 9.47 Å². The molecule has 1 amide bonds. The van der Waals surface area contributed by atoms with E-state index in [1.165, 1.54) is 0 Å². The first-order valence-electron chi connectivity index (χ1n) is 9.25. The standard InChI is InChI=1S/C20H25N3O3/c1-16(22-9-8-21-15-22)12-19(24)23-13-17-4-2-3-5-18(17)26-20(14-23)6-10-25-11-7-20/h2-5,8-9,15-16H,6-7,10-14H2,1H3/t16-/m0/s1. The Morgan fingerprint density at radius 1 is 1.31 bits per heavy atom. The highest BCUT2D eigenvalue weighted by molar-refractivity contribution is 5.77. The molecule has 1 spiro atoms. The average Bonchev–Trinajstić information content (AvgIpc) is 3.13. The fourth-order valence-corrected chi connectivity index (χ4v) is 3.81. The number of imidazole rings is 1. The monoisotopic (exact) mass is 355 g/mol. The molecule has 0 saturated carbocycles. The van der Waals surface area contributed by atoms with Crippen LogP contribution in [-0.4, -0.2) is 45.7 Å². The lowest BCUT2D eigenvalue weighted by Crippen LogP contribution is -2.51. The van der Waals surface area contributed by atoms with Crippen LogP contribution in [0.2, 0.25) is 0 Å². The quantitative estimate of drug-likeness (QED) is 0.850. The number of carbonyl (C=O) groups excluding carboxylic acids is 1. The second-order valence-electron chi connectivity index (χ2n) is 7.32. The molecule has 6 nitrogen and oxygen atoms in total. The number of amides is 1. The molecule has 138 valence electrons. The van der Waals surface area contributed by atoms with E-state index in [0.717, 1.165) is 24.2 Å². The van der Waals surface area contributed by atoms with Gasteiger partial charge in [-0.1, -0.05) is 18.2 Å². The molecule has 1 atom stereocenters. The van der Waals surface area contributed by atoms with Gasteiger partial charge in [0, 0.05) is 49.8 Å². The van der Waals surface area contributed by atoms with Gasteiger partial charge in [0.1, 0.15) is 11.4 Å². The number of hydrogen-bond acceptors (Lipinski definition) is 4. The molecular weight excluding hydrogens is 330 g/mol. The van der Waals surface area contributed by atoms with E-state index in [2.05, 4.69) is 4.98 Å². The van der Waals surface area contributed by atoms with Gasteiger partial charge in [-0.3, -0.25) is 4.79 Å². The van der Waals surface area contributed by atoms with Crippen LogP contribution >= 0.6 is 0 Å². The van der Waals surface area contributed by atoms with Crippen molar-refractivity contribution in [2.75, 3.05) is 19.8 Å². The van der Waals surface area contributed by atoms with E-state index in [1.54, 1.807) is 12.5 Å². The third-order valence-corrected chi connectivity index (χ3v) is 5.40. The van der Waals surface area contributed by atoms with Gasteiger partial charge in [-0.15, -0.1) is 0 Å². The SMILES string of the molecule is C[C@@H](CC(=O)N1Cc2ccccc2OC2(CCOCC2)C1)n1ccnc1. The van der Waals surface area contributed by atoms with Gasteiger partial charge in [-0.2, -0.15) is 0 Å². The Morgan fingerprint density at radius 2 is 2.12 bits per heavy atom. The molecule has 1 saturated heterocycles. The zero-order valence-corrected chi connectivity index (χ0v) is 15.1. The number of aromatic nitrogens is 2. The van der Waals surface area contributed by atoms with Crippen molar-refractivity contribution in [2.24, 2.45) is 0 Å². The molecule has 0 radical (unpaired) electrons. The van der Waals surface area contributed by atoms with Crippen LogP contribution < -0.4 is 4.74 Å². The highest BCUT2D eigenvalue weighted by atomic mass is 16.5. The van der Waals surface area contributed by atoms with E-state index in [1.807, 2.05) is 46.9 Å². The normalized spacial score (nSPS) is 20.1. The van der Waals surface area contributed by atoms with Gasteiger partial charge in [-0.05, 0) is 13.0 Å². The van der Waals surface area contributed by atoms with Gasteiger partial charge >= 0.3 is 0 Å². The number of hydrogen-bond donors (Lipinski definition) is 0. The second-order valence-corrected chi connectivity index (χ2v) is 7.32. The van der Waals surface area contributed by atoms with Gasteiger partial charge in [0.25, 0.3) is 0 Å². The summed E-state index contributed by atoms with van der Waals surface area (Å²) in [6.45, 7) is 4.60. The Bertz CT molecular complexity index is 753. The maximum Gasteiger partial charge on any atom is 0.225 e. The fourth-order valence-electron chi connectivity index (χ4n) is 3.81. The highest BCUT2D eigenvalue weighted by Crippen LogP contribution is 2.35. The molecule has 6 heteroatoms. The minimum atomic E-state index is -0.348. The van der Waals surface area contributed by atoms with E-state index in [0.29, 0.717) is 32.7 Å². The van der Waals surface area contributed by atoms with Crippen LogP contribution in [-0.2, 0) is 16.1 Å². The van der Waals surface area contributed by atoms with Crippen LogP contribution in [0.25, 0.3) is 0 Å². The molecule has 2 aliphatic heterocycles. The van der Waals surface area contributed by atoms with Crippen molar-refractivity contribution in [3.63, 3.8) is 0 Å². The third-order valence-electron chi connectivity index (χ3n) is 5.40. The number of ether oxygens (including phenoxy) is 2. The zero-order valence-electron chi connectivity index (χ0n) is 15.1. The Balaban J connectivity index is 1.57. The molecule has 1 aromatic heterocycles. The summed E-state index contributed by atoms with van der Waals surface area (Å²) in [6.07, 6.45) is 7.47. The predicted octanol–water partition coefficient (Wildman–Crippen LogP) is 2.80. The second kappa shape index (κ2) is 7.11. The van der Waals surface area contributed by atoms with Crippen LogP contribution in [0.1, 0.15) is 37.8 Å². The predicted molar refractivity (Wildman–Crippen MR) is 96.8 cm³/mol. The molecule has 4 rings (SSSR count). The molecule has 2 aliphatic rings. The fraction of sp³-hybridized carbons (Fsp3) is 0.500. The minimum Gasteiger partial charge on any atom is -0.485 e. The minimum absolute atomic E-state index is 0.0788. The lowest BCUT2D eigenvalue weighted by Gasteiger charge is -2.39. The lowest BCUT2D eigenvalue weighted by molar-refractivity contribution is -0.137. The van der Waals surface area contributed by atoms with Crippen molar-refractivity contribution in [3.8, 4) is 5.75 Å². The van der Waals surface area contributed by atoms with Gasteiger partial charge in [-0.25, -0.2) is 4.98 Å². The van der Waals surface area contributed by atoms with Crippen molar-refractivity contribution in [1.29, 1.82) is 0 Å². The Labute approximate surface area is 153 Å². The van der Waals surface area contributed by atoms with Crippen molar-refractivity contribution < 1.29 is 14.3 Å². The van der Waals surface area contributed by atoms with Gasteiger partial charge in [0.15, 0.2) is 0 Å². The summed E-state index contributed by atoms with van der Waals surface area (Å²) in [5.41, 5.74) is 0.721. The summed E-state index contributed by atoms with van der Waals surface area (Å²) in [7, 11) is 0. The number of benzene rings is 1. The first-order valence-corrected chi connectivity index (χ1v) is 9.25. The zero-order chi connectivity index (χ0) is 18.0. The molecule has 0 N–H and O–H groups in total. The number of carbonyl (C=O) groups is 1. The third kappa shape index (κ3) is 3.46. The largest absolute Gasteiger partial charge is 0.485 e. The van der Waals surface area contributed by atoms with Gasteiger partial charge in [0.05, 0.1) is 26.1 Å². The van der Waals surface area contributed by atoms with Crippen LogP contribution in [0.5, 0.6) is 5.75 Å². The molecule has 0 bridgehead atoms. The maximum absolute atomic E-state index is 13.1. The summed E-state index contributed by atoms with van der Waals surface area (Å²) in [5, 5.41) is 0. The summed E-state index contributed by atoms with van der Waals surface area (Å²) < 4.78 is 14.0. The number of rotatable bonds is 3. The smallest absolute Gasteiger partial charge is 0.225 e. The van der Waals surface area contributed by atoms with Crippen LogP contribution in [0, 0.1) is 0 Å². The first-order chi connectivity index (χ1) is 12.7. The summed E-state index contributed by atoms with van der Waals surface area (Å²) in [6, 6.07) is 8.13. The molecule has 2 aromatic rings. The van der Waals surface area contributed by atoms with Crippen molar-refractivity contribution in [2.45, 2.75) is 44.4 Å². The molecule has 3 heterocycles. The highest BCUT2D eigenvalue weighted by Gasteiger charge is 2.40. The Hall–Kier alpha value is -2.34. The van der Waals surface area contributed by atoms with Crippen molar-refractivity contribution in [1.82, 2.24) is 14.5 Å². The first kappa shape index (κ1) is 17.1. The van der Waals surface area contributed by atoms with E-state index in [-0.39, 0.29) is 17.6 Å². The van der Waals surface area contributed by atoms with Crippen LogP contribution in [0.4, 0.5) is 0 Å². The number of para-hydroxylation sites is 1. The van der Waals surface area contributed by atoms with Crippen molar-refractivity contribution in [3.05, 3.63) is 48.5 Å². The molecule has 1 fully saturated rings. The average molecular weight is 355 g/mol. The Morgan fingerprint density at radius 3 is 2.88 bits per heavy atom. The molecule has 26 heavy (non-hydrogen) atoms. The number of nitrogens with zero attached hydrogens (tertiary/aromatic N) is 3. The number of fused-ring (bicyclic) bond motifs is 1. The summed E-state index contributed by atoms with van der Waals surface area (Å²) in [5.74, 6) is 1.05. The van der Waals surface area contributed by atoms with Gasteiger partial charge < -0.3 is 18.9 Å². The topological polar surface area (TPSA) is 56.6 Å². The molecule has 1 aromatic carbocycles. The molecule has 0 unspecified atom stereocenters. The van der Waals surface area contributed by atoms with Crippen LogP contribution in [0.3, 0.4) is 0 Å². The molecule has 0 aliphatic carbocycles. The Kier molecular flexibility index (Phi) is 4.68. The maximum atomic E-state index is 13.1. The van der Waals surface area contributed by atoms with Crippen molar-refractivity contribution >= 4 is 5.91 Å². The van der Waals surface area contributed by atoms with E-state index < -0.39 is 0 Å². The lowest BCUT2D eigenvalue weighted by atomic mass is 9.93. The van der Waals surface area contributed by atoms with Crippen LogP contribution in [0.15, 0.2) is 43.0 Å². The summed E-state index contributed by atoms with van der Waals surface area (Å²) >= 11 is 0. The molecular formula is C20H25N3O3. The summed E-state index contributed by atoms with van der Waals surface area (Å²) in [4.78, 5) is 19.1. The van der Waals surface area contributed by atoms with Gasteiger partial charge in [0.2, 0.25) is 5.91 Å².